The number of nitrogens with zero attached hydrogens (tertiary/aromatic N) is 4. The normalized spacial score (nSPS) is 10.7. The molecule has 0 atom stereocenters. The van der Waals surface area contributed by atoms with E-state index in [9.17, 15) is 4.79 Å². The van der Waals surface area contributed by atoms with Gasteiger partial charge in [-0.1, -0.05) is 18.2 Å². The van der Waals surface area contributed by atoms with Gasteiger partial charge >= 0.3 is 0 Å². The Labute approximate surface area is 146 Å². The van der Waals surface area contributed by atoms with Crippen LogP contribution in [-0.4, -0.2) is 32.4 Å². The second-order valence-corrected chi connectivity index (χ2v) is 5.96. The van der Waals surface area contributed by atoms with Crippen LogP contribution in [0.5, 0.6) is 0 Å². The Morgan fingerprint density at radius 2 is 1.88 bits per heavy atom. The summed E-state index contributed by atoms with van der Waals surface area (Å²) in [7, 11) is 0. The molecule has 0 saturated heterocycles. The highest BCUT2D eigenvalue weighted by Crippen LogP contribution is 2.25. The quantitative estimate of drug-likeness (QED) is 0.778. The van der Waals surface area contributed by atoms with Crippen molar-refractivity contribution in [3.63, 3.8) is 0 Å². The highest BCUT2D eigenvalue weighted by molar-refractivity contribution is 5.98. The van der Waals surface area contributed by atoms with Crippen molar-refractivity contribution in [3.05, 3.63) is 59.5 Å². The fourth-order valence-corrected chi connectivity index (χ4v) is 2.56. The van der Waals surface area contributed by atoms with Crippen molar-refractivity contribution < 1.29 is 4.79 Å². The number of pyridine rings is 1. The van der Waals surface area contributed by atoms with E-state index < -0.39 is 0 Å². The molecule has 3 aromatic rings. The average molecular weight is 335 g/mol. The smallest absolute Gasteiger partial charge is 0.274 e. The molecule has 0 radical (unpaired) electrons. The molecule has 2 heterocycles. The van der Waals surface area contributed by atoms with Gasteiger partial charge in [0.05, 0.1) is 5.69 Å². The molecule has 1 amide bonds. The van der Waals surface area contributed by atoms with Crippen LogP contribution in [-0.2, 0) is 0 Å². The van der Waals surface area contributed by atoms with Gasteiger partial charge in [0.1, 0.15) is 5.69 Å². The largest absolute Gasteiger partial charge is 0.351 e. The van der Waals surface area contributed by atoms with Gasteiger partial charge in [0.15, 0.2) is 5.69 Å². The molecule has 0 aliphatic carbocycles. The third-order valence-electron chi connectivity index (χ3n) is 4.11. The van der Waals surface area contributed by atoms with Crippen LogP contribution in [0.15, 0.2) is 42.7 Å². The van der Waals surface area contributed by atoms with E-state index in [1.54, 1.807) is 17.1 Å². The van der Waals surface area contributed by atoms with Gasteiger partial charge in [-0.2, -0.15) is 0 Å². The van der Waals surface area contributed by atoms with Crippen LogP contribution < -0.4 is 5.32 Å². The number of hydrogen-bond acceptors (Lipinski definition) is 4. The Morgan fingerprint density at radius 1 is 1.12 bits per heavy atom. The van der Waals surface area contributed by atoms with E-state index in [0.29, 0.717) is 17.9 Å². The summed E-state index contributed by atoms with van der Waals surface area (Å²) in [6.07, 6.45) is 4.25. The Bertz CT molecular complexity index is 886. The number of aromatic nitrogens is 4. The van der Waals surface area contributed by atoms with Crippen molar-refractivity contribution in [2.24, 2.45) is 0 Å². The van der Waals surface area contributed by atoms with Crippen LogP contribution in [0.25, 0.3) is 16.9 Å². The lowest BCUT2D eigenvalue weighted by Gasteiger charge is -2.10. The first-order valence-electron chi connectivity index (χ1n) is 8.33. The lowest BCUT2D eigenvalue weighted by molar-refractivity contribution is 0.0949. The maximum atomic E-state index is 12.5. The molecule has 0 unspecified atom stereocenters. The molecule has 6 heteroatoms. The maximum absolute atomic E-state index is 12.5. The topological polar surface area (TPSA) is 72.7 Å². The minimum absolute atomic E-state index is 0.219. The van der Waals surface area contributed by atoms with Crippen LogP contribution >= 0.6 is 0 Å². The first kappa shape index (κ1) is 16.8. The molecule has 0 aliphatic rings. The molecule has 0 aliphatic heterocycles. The molecule has 0 fully saturated rings. The zero-order valence-electron chi connectivity index (χ0n) is 14.7. The van der Waals surface area contributed by atoms with Gasteiger partial charge in [0, 0.05) is 24.5 Å². The molecular formula is C19H21N5O. The second kappa shape index (κ2) is 7.25. The summed E-state index contributed by atoms with van der Waals surface area (Å²) < 4.78 is 1.71. The van der Waals surface area contributed by atoms with Gasteiger partial charge in [-0.3, -0.25) is 9.78 Å². The van der Waals surface area contributed by atoms with Gasteiger partial charge in [-0.05, 0) is 55.7 Å². The number of nitrogens with one attached hydrogen (secondary N) is 1. The second-order valence-electron chi connectivity index (χ2n) is 5.96. The predicted molar refractivity (Wildman–Crippen MR) is 96.7 cm³/mol. The van der Waals surface area contributed by atoms with E-state index in [1.165, 1.54) is 5.56 Å². The van der Waals surface area contributed by atoms with Crippen molar-refractivity contribution in [3.8, 4) is 16.9 Å². The zero-order valence-corrected chi connectivity index (χ0v) is 14.7. The number of rotatable bonds is 5. The van der Waals surface area contributed by atoms with Crippen molar-refractivity contribution >= 4 is 5.91 Å². The first-order valence-corrected chi connectivity index (χ1v) is 8.33. The lowest BCUT2D eigenvalue weighted by Crippen LogP contribution is -2.25. The fraction of sp³-hybridized carbons (Fsp3) is 0.263. The molecule has 0 saturated carbocycles. The first-order chi connectivity index (χ1) is 12.1. The van der Waals surface area contributed by atoms with Crippen LogP contribution in [0.2, 0.25) is 0 Å². The monoisotopic (exact) mass is 335 g/mol. The fourth-order valence-electron chi connectivity index (χ4n) is 2.56. The van der Waals surface area contributed by atoms with Crippen molar-refractivity contribution in [2.75, 3.05) is 6.54 Å². The number of benzene rings is 1. The molecule has 3 rings (SSSR count). The van der Waals surface area contributed by atoms with Gasteiger partial charge in [0.2, 0.25) is 0 Å². The summed E-state index contributed by atoms with van der Waals surface area (Å²) in [5, 5.41) is 11.3. The van der Waals surface area contributed by atoms with Gasteiger partial charge in [0.25, 0.3) is 5.91 Å². The van der Waals surface area contributed by atoms with Gasteiger partial charge in [-0.15, -0.1) is 5.10 Å². The number of carbonyl (C=O) groups excluding carboxylic acids is 1. The summed E-state index contributed by atoms with van der Waals surface area (Å²) in [6, 6.07) is 9.77. The molecule has 0 bridgehead atoms. The number of hydrogen-bond donors (Lipinski definition) is 1. The highest BCUT2D eigenvalue weighted by atomic mass is 16.2. The molecule has 0 spiro atoms. The SMILES string of the molecule is CCCNC(=O)c1nnn(-c2ccc(C)c(C)c2)c1-c1ccncc1. The van der Waals surface area contributed by atoms with Crippen molar-refractivity contribution in [1.29, 1.82) is 0 Å². The maximum Gasteiger partial charge on any atom is 0.274 e. The minimum Gasteiger partial charge on any atom is -0.351 e. The third-order valence-corrected chi connectivity index (χ3v) is 4.11. The van der Waals surface area contributed by atoms with Crippen LogP contribution in [0, 0.1) is 13.8 Å². The summed E-state index contributed by atoms with van der Waals surface area (Å²) in [6.45, 7) is 6.73. The summed E-state index contributed by atoms with van der Waals surface area (Å²) >= 11 is 0. The van der Waals surface area contributed by atoms with Crippen LogP contribution in [0.3, 0.4) is 0 Å². The van der Waals surface area contributed by atoms with Gasteiger partial charge < -0.3 is 5.32 Å². The van der Waals surface area contributed by atoms with Crippen molar-refractivity contribution in [1.82, 2.24) is 25.3 Å². The summed E-state index contributed by atoms with van der Waals surface area (Å²) in [5.41, 5.74) is 5.06. The zero-order chi connectivity index (χ0) is 17.8. The minimum atomic E-state index is -0.219. The van der Waals surface area contributed by atoms with Crippen LogP contribution in [0.1, 0.15) is 35.0 Å². The van der Waals surface area contributed by atoms with E-state index in [1.807, 2.05) is 37.3 Å². The molecule has 1 N–H and O–H groups in total. The Kier molecular flexibility index (Phi) is 4.88. The molecular weight excluding hydrogens is 314 g/mol. The Balaban J connectivity index is 2.14. The molecule has 1 aromatic carbocycles. The Morgan fingerprint density at radius 3 is 2.56 bits per heavy atom. The molecule has 128 valence electrons. The van der Waals surface area contributed by atoms with E-state index >= 15 is 0 Å². The average Bonchev–Trinajstić information content (AvgIpc) is 3.08. The predicted octanol–water partition coefficient (Wildman–Crippen LogP) is 3.09. The van der Waals surface area contributed by atoms with Crippen molar-refractivity contribution in [2.45, 2.75) is 27.2 Å². The molecule has 6 nitrogen and oxygen atoms in total. The van der Waals surface area contributed by atoms with E-state index in [2.05, 4.69) is 34.5 Å². The highest BCUT2D eigenvalue weighted by Gasteiger charge is 2.22. The van der Waals surface area contributed by atoms with E-state index in [-0.39, 0.29) is 5.91 Å². The number of carbonyl (C=O) groups is 1. The van der Waals surface area contributed by atoms with E-state index in [0.717, 1.165) is 23.2 Å². The number of amides is 1. The van der Waals surface area contributed by atoms with Crippen LogP contribution in [0.4, 0.5) is 0 Å². The van der Waals surface area contributed by atoms with Gasteiger partial charge in [-0.25, -0.2) is 4.68 Å². The molecule has 25 heavy (non-hydrogen) atoms. The standard InChI is InChI=1S/C19H21N5O/c1-4-9-21-19(25)17-18(15-7-10-20-11-8-15)24(23-22-17)16-6-5-13(2)14(3)12-16/h5-8,10-12H,4,9H2,1-3H3,(H,21,25). The summed E-state index contributed by atoms with van der Waals surface area (Å²) in [4.78, 5) is 16.6. The molecule has 2 aromatic heterocycles. The van der Waals surface area contributed by atoms with E-state index in [4.69, 9.17) is 0 Å². The third kappa shape index (κ3) is 3.42. The summed E-state index contributed by atoms with van der Waals surface area (Å²) in [5.74, 6) is -0.219. The number of aryl methyl sites for hydroxylation is 2. The Hall–Kier alpha value is -3.02. The lowest BCUT2D eigenvalue weighted by atomic mass is 10.1.